The van der Waals surface area contributed by atoms with Crippen molar-refractivity contribution < 1.29 is 9.59 Å². The van der Waals surface area contributed by atoms with Gasteiger partial charge in [0.25, 0.3) is 5.91 Å². The number of hydrogen-bond acceptors (Lipinski definition) is 5. The summed E-state index contributed by atoms with van der Waals surface area (Å²) in [5.74, 6) is -0.525. The molecule has 0 radical (unpaired) electrons. The van der Waals surface area contributed by atoms with E-state index in [2.05, 4.69) is 10.3 Å². The Morgan fingerprint density at radius 2 is 2.04 bits per heavy atom. The maximum absolute atomic E-state index is 12.0. The van der Waals surface area contributed by atoms with E-state index in [1.165, 1.54) is 11.3 Å². The number of rotatable bonds is 5. The largest absolute Gasteiger partial charge is 0.343 e. The number of nitrogens with zero attached hydrogens (tertiary/aromatic N) is 3. The van der Waals surface area contributed by atoms with Crippen molar-refractivity contribution in [3.8, 4) is 6.07 Å². The molecule has 2 aromatic rings. The first-order valence-corrected chi connectivity index (χ1v) is 7.75. The van der Waals surface area contributed by atoms with Gasteiger partial charge in [0.15, 0.2) is 0 Å². The maximum Gasteiger partial charge on any atom is 0.251 e. The van der Waals surface area contributed by atoms with E-state index in [1.807, 2.05) is 13.0 Å². The molecule has 0 saturated heterocycles. The van der Waals surface area contributed by atoms with Crippen LogP contribution in [0.25, 0.3) is 0 Å². The molecular weight excluding hydrogens is 312 g/mol. The van der Waals surface area contributed by atoms with Crippen molar-refractivity contribution in [1.82, 2.24) is 15.2 Å². The molecule has 1 aromatic heterocycles. The second-order valence-electron chi connectivity index (χ2n) is 4.97. The quantitative estimate of drug-likeness (QED) is 0.905. The molecule has 2 rings (SSSR count). The van der Waals surface area contributed by atoms with E-state index in [0.717, 1.165) is 9.88 Å². The molecule has 0 spiro atoms. The number of thiazole rings is 1. The van der Waals surface area contributed by atoms with Gasteiger partial charge in [0.1, 0.15) is 0 Å². The number of nitrogens with one attached hydrogen (secondary N) is 1. The minimum Gasteiger partial charge on any atom is -0.343 e. The smallest absolute Gasteiger partial charge is 0.251 e. The summed E-state index contributed by atoms with van der Waals surface area (Å²) in [6.45, 7) is 2.30. The van der Waals surface area contributed by atoms with Crippen molar-refractivity contribution in [3.63, 3.8) is 0 Å². The Bertz CT molecular complexity index is 746. The number of carbonyl (C=O) groups is 2. The lowest BCUT2D eigenvalue weighted by molar-refractivity contribution is -0.129. The molecule has 23 heavy (non-hydrogen) atoms. The molecule has 118 valence electrons. The van der Waals surface area contributed by atoms with Crippen molar-refractivity contribution in [2.24, 2.45) is 0 Å². The molecule has 0 aliphatic carbocycles. The molecule has 1 N–H and O–H groups in total. The number of hydrogen-bond donors (Lipinski definition) is 1. The average Bonchev–Trinajstić information content (AvgIpc) is 2.97. The van der Waals surface area contributed by atoms with Crippen molar-refractivity contribution in [2.75, 3.05) is 13.6 Å². The molecule has 7 heteroatoms. The fraction of sp³-hybridized carbons (Fsp3) is 0.250. The van der Waals surface area contributed by atoms with Crippen molar-refractivity contribution in [2.45, 2.75) is 13.5 Å². The molecule has 1 aromatic carbocycles. The van der Waals surface area contributed by atoms with Gasteiger partial charge < -0.3 is 10.2 Å². The van der Waals surface area contributed by atoms with Crippen molar-refractivity contribution in [1.29, 1.82) is 5.26 Å². The molecule has 0 fully saturated rings. The monoisotopic (exact) mass is 328 g/mol. The van der Waals surface area contributed by atoms with Crippen LogP contribution in [0.4, 0.5) is 0 Å². The maximum atomic E-state index is 12.0. The van der Waals surface area contributed by atoms with Gasteiger partial charge in [-0.3, -0.25) is 9.59 Å². The van der Waals surface area contributed by atoms with E-state index in [9.17, 15) is 9.59 Å². The first-order valence-electron chi connectivity index (χ1n) is 6.93. The predicted molar refractivity (Wildman–Crippen MR) is 86.8 cm³/mol. The molecule has 0 bridgehead atoms. The highest BCUT2D eigenvalue weighted by Gasteiger charge is 2.13. The molecular formula is C16H16N4O2S. The zero-order chi connectivity index (χ0) is 16.8. The van der Waals surface area contributed by atoms with Gasteiger partial charge in [-0.2, -0.15) is 5.26 Å². The standard InChI is InChI=1S/C16H16N4O2S/c1-11-18-8-14(23-11)10-20(2)15(21)9-19-16(22)13-5-3-12(7-17)4-6-13/h3-6,8H,9-10H2,1-2H3,(H,19,22). The summed E-state index contributed by atoms with van der Waals surface area (Å²) in [5.41, 5.74) is 0.898. The Morgan fingerprint density at radius 3 is 2.61 bits per heavy atom. The minimum absolute atomic E-state index is 0.0763. The summed E-state index contributed by atoms with van der Waals surface area (Å²) in [6, 6.07) is 8.23. The van der Waals surface area contributed by atoms with Gasteiger partial charge in [0.2, 0.25) is 5.91 Å². The van der Waals surface area contributed by atoms with Gasteiger partial charge in [-0.25, -0.2) is 4.98 Å². The molecule has 0 aliphatic rings. The van der Waals surface area contributed by atoms with E-state index >= 15 is 0 Å². The number of benzene rings is 1. The first kappa shape index (κ1) is 16.6. The van der Waals surface area contributed by atoms with Crippen LogP contribution in [0.2, 0.25) is 0 Å². The second kappa shape index (κ2) is 7.51. The Hall–Kier alpha value is -2.72. The fourth-order valence-corrected chi connectivity index (χ4v) is 2.74. The lowest BCUT2D eigenvalue weighted by Gasteiger charge is -2.16. The van der Waals surface area contributed by atoms with Crippen LogP contribution in [-0.4, -0.2) is 35.3 Å². The van der Waals surface area contributed by atoms with Gasteiger partial charge in [-0.1, -0.05) is 0 Å². The number of aromatic nitrogens is 1. The number of likely N-dealkylation sites (N-methyl/N-ethyl adjacent to an activating group) is 1. The third kappa shape index (κ3) is 4.63. The van der Waals surface area contributed by atoms with Crippen LogP contribution in [0, 0.1) is 18.3 Å². The number of carbonyl (C=O) groups excluding carboxylic acids is 2. The van der Waals surface area contributed by atoms with Gasteiger partial charge in [-0.05, 0) is 31.2 Å². The Labute approximate surface area is 138 Å². The third-order valence-electron chi connectivity index (χ3n) is 3.16. The number of amides is 2. The SMILES string of the molecule is Cc1ncc(CN(C)C(=O)CNC(=O)c2ccc(C#N)cc2)s1. The molecule has 2 amide bonds. The van der Waals surface area contributed by atoms with Crippen LogP contribution in [0.3, 0.4) is 0 Å². The molecule has 0 saturated carbocycles. The highest BCUT2D eigenvalue weighted by atomic mass is 32.1. The van der Waals surface area contributed by atoms with Gasteiger partial charge in [0, 0.05) is 23.7 Å². The normalized spacial score (nSPS) is 9.96. The van der Waals surface area contributed by atoms with Crippen molar-refractivity contribution >= 4 is 23.2 Å². The van der Waals surface area contributed by atoms with Crippen LogP contribution >= 0.6 is 11.3 Å². The molecule has 0 aliphatic heterocycles. The lowest BCUT2D eigenvalue weighted by atomic mass is 10.1. The van der Waals surface area contributed by atoms with Gasteiger partial charge in [-0.15, -0.1) is 11.3 Å². The zero-order valence-electron chi connectivity index (χ0n) is 12.9. The van der Waals surface area contributed by atoms with E-state index in [-0.39, 0.29) is 18.4 Å². The fourth-order valence-electron chi connectivity index (χ4n) is 1.89. The van der Waals surface area contributed by atoms with Crippen molar-refractivity contribution in [3.05, 3.63) is 51.5 Å². The summed E-state index contributed by atoms with van der Waals surface area (Å²) in [7, 11) is 1.69. The van der Waals surface area contributed by atoms with Crippen LogP contribution in [0.1, 0.15) is 25.8 Å². The Morgan fingerprint density at radius 1 is 1.35 bits per heavy atom. The minimum atomic E-state index is -0.343. The summed E-state index contributed by atoms with van der Waals surface area (Å²) in [6.07, 6.45) is 1.75. The Balaban J connectivity index is 1.85. The predicted octanol–water partition coefficient (Wildman–Crippen LogP) is 1.71. The number of aryl methyl sites for hydroxylation is 1. The zero-order valence-corrected chi connectivity index (χ0v) is 13.7. The van der Waals surface area contributed by atoms with Gasteiger partial charge >= 0.3 is 0 Å². The Kier molecular flexibility index (Phi) is 5.44. The van der Waals surface area contributed by atoms with E-state index in [0.29, 0.717) is 17.7 Å². The first-order chi connectivity index (χ1) is 11.0. The molecule has 0 atom stereocenters. The highest BCUT2D eigenvalue weighted by Crippen LogP contribution is 2.13. The molecule has 1 heterocycles. The topological polar surface area (TPSA) is 86.1 Å². The third-order valence-corrected chi connectivity index (χ3v) is 4.06. The summed E-state index contributed by atoms with van der Waals surface area (Å²) in [4.78, 5) is 30.7. The van der Waals surface area contributed by atoms with Crippen LogP contribution in [0.5, 0.6) is 0 Å². The lowest BCUT2D eigenvalue weighted by Crippen LogP contribution is -2.37. The highest BCUT2D eigenvalue weighted by molar-refractivity contribution is 7.11. The second-order valence-corrected chi connectivity index (χ2v) is 6.29. The summed E-state index contributed by atoms with van der Waals surface area (Å²) >= 11 is 1.54. The van der Waals surface area contributed by atoms with Crippen LogP contribution in [0.15, 0.2) is 30.5 Å². The van der Waals surface area contributed by atoms with Gasteiger partial charge in [0.05, 0.1) is 29.7 Å². The van der Waals surface area contributed by atoms with E-state index in [1.54, 1.807) is 42.4 Å². The van der Waals surface area contributed by atoms with Crippen LogP contribution in [-0.2, 0) is 11.3 Å². The molecule has 0 unspecified atom stereocenters. The average molecular weight is 328 g/mol. The summed E-state index contributed by atoms with van der Waals surface area (Å²) < 4.78 is 0. The number of nitriles is 1. The van der Waals surface area contributed by atoms with E-state index < -0.39 is 0 Å². The summed E-state index contributed by atoms with van der Waals surface area (Å²) in [5, 5.41) is 12.3. The molecule has 6 nitrogen and oxygen atoms in total. The van der Waals surface area contributed by atoms with Crippen LogP contribution < -0.4 is 5.32 Å². The van der Waals surface area contributed by atoms with E-state index in [4.69, 9.17) is 5.26 Å².